The van der Waals surface area contributed by atoms with Crippen LogP contribution in [0.4, 0.5) is 0 Å². The molecule has 0 heterocycles. The smallest absolute Gasteiger partial charge is 0.244 e. The molecule has 0 radical (unpaired) electrons. The second-order valence-corrected chi connectivity index (χ2v) is 5.31. The van der Waals surface area contributed by atoms with Crippen LogP contribution in [0.2, 0.25) is 0 Å². The van der Waals surface area contributed by atoms with Gasteiger partial charge >= 0.3 is 0 Å². The van der Waals surface area contributed by atoms with Gasteiger partial charge in [-0.05, 0) is 55.3 Å². The molecule has 1 amide bonds. The van der Waals surface area contributed by atoms with Crippen molar-refractivity contribution in [2.45, 2.75) is 19.9 Å². The lowest BCUT2D eigenvalue weighted by Gasteiger charge is -2.13. The maximum atomic E-state index is 12.0. The highest BCUT2D eigenvalue weighted by Gasteiger charge is 2.08. The molecule has 0 aromatic heterocycles. The van der Waals surface area contributed by atoms with Crippen LogP contribution in [0.3, 0.4) is 0 Å². The number of amides is 1. The molecule has 2 aromatic rings. The summed E-state index contributed by atoms with van der Waals surface area (Å²) in [6.45, 7) is 4.44. The topological polar surface area (TPSA) is 78.8 Å². The lowest BCUT2D eigenvalue weighted by atomic mass is 10.1. The Labute approximate surface area is 141 Å². The molecule has 2 aromatic carbocycles. The van der Waals surface area contributed by atoms with Crippen molar-refractivity contribution in [3.63, 3.8) is 0 Å². The van der Waals surface area contributed by atoms with E-state index >= 15 is 0 Å². The maximum Gasteiger partial charge on any atom is 0.244 e. The number of hydrogen-bond donors (Lipinski definition) is 3. The van der Waals surface area contributed by atoms with E-state index < -0.39 is 0 Å². The molecule has 2 rings (SSSR count). The third-order valence-electron chi connectivity index (χ3n) is 3.48. The van der Waals surface area contributed by atoms with Gasteiger partial charge in [0.05, 0.1) is 12.6 Å². The first-order chi connectivity index (χ1) is 11.5. The van der Waals surface area contributed by atoms with Crippen LogP contribution in [0.25, 0.3) is 6.08 Å². The Kier molecular flexibility index (Phi) is 5.84. The van der Waals surface area contributed by atoms with Gasteiger partial charge in [-0.15, -0.1) is 0 Å². The van der Waals surface area contributed by atoms with Gasteiger partial charge in [0.1, 0.15) is 5.75 Å². The van der Waals surface area contributed by atoms with Crippen LogP contribution in [0.15, 0.2) is 48.5 Å². The van der Waals surface area contributed by atoms with Crippen molar-refractivity contribution in [3.05, 3.63) is 59.7 Å². The second-order valence-electron chi connectivity index (χ2n) is 5.31. The number of benzene rings is 2. The molecular weight excluding hydrogens is 306 g/mol. The number of hydrogen-bond acceptors (Lipinski definition) is 4. The molecular formula is C19H21NO4. The number of nitrogens with one attached hydrogen (secondary N) is 1. The minimum Gasteiger partial charge on any atom is -0.504 e. The molecule has 0 aliphatic heterocycles. The zero-order valence-corrected chi connectivity index (χ0v) is 13.7. The van der Waals surface area contributed by atoms with E-state index in [1.807, 2.05) is 38.1 Å². The standard InChI is InChI=1S/C19H21NO4/c1-3-24-16-8-6-15(7-9-16)13(2)20-19(23)11-5-14-4-10-17(21)18(22)12-14/h4-13,21-22H,3H2,1-2H3,(H,20,23)/b11-5+. The van der Waals surface area contributed by atoms with Gasteiger partial charge in [-0.3, -0.25) is 4.79 Å². The molecule has 5 heteroatoms. The van der Waals surface area contributed by atoms with Gasteiger partial charge in [-0.25, -0.2) is 0 Å². The number of phenolic OH excluding ortho intramolecular Hbond substituents is 2. The van der Waals surface area contributed by atoms with Crippen LogP contribution in [-0.4, -0.2) is 22.7 Å². The lowest BCUT2D eigenvalue weighted by Crippen LogP contribution is -2.24. The number of phenols is 2. The molecule has 0 aliphatic carbocycles. The van der Waals surface area contributed by atoms with Crippen LogP contribution >= 0.6 is 0 Å². The summed E-state index contributed by atoms with van der Waals surface area (Å²) in [7, 11) is 0. The van der Waals surface area contributed by atoms with Crippen molar-refractivity contribution in [1.29, 1.82) is 0 Å². The Hall–Kier alpha value is -2.95. The van der Waals surface area contributed by atoms with Crippen LogP contribution < -0.4 is 10.1 Å². The van der Waals surface area contributed by atoms with Gasteiger partial charge in [-0.2, -0.15) is 0 Å². The van der Waals surface area contributed by atoms with Crippen molar-refractivity contribution in [2.75, 3.05) is 6.61 Å². The summed E-state index contributed by atoms with van der Waals surface area (Å²) in [4.78, 5) is 12.0. The van der Waals surface area contributed by atoms with Gasteiger partial charge in [-0.1, -0.05) is 18.2 Å². The van der Waals surface area contributed by atoms with Crippen molar-refractivity contribution in [2.24, 2.45) is 0 Å². The average molecular weight is 327 g/mol. The molecule has 24 heavy (non-hydrogen) atoms. The number of rotatable bonds is 6. The zero-order chi connectivity index (χ0) is 17.5. The summed E-state index contributed by atoms with van der Waals surface area (Å²) in [6.07, 6.45) is 2.95. The molecule has 1 atom stereocenters. The van der Waals surface area contributed by atoms with Gasteiger partial charge < -0.3 is 20.3 Å². The van der Waals surface area contributed by atoms with E-state index in [1.54, 1.807) is 12.1 Å². The summed E-state index contributed by atoms with van der Waals surface area (Å²) >= 11 is 0. The maximum absolute atomic E-state index is 12.0. The largest absolute Gasteiger partial charge is 0.504 e. The number of aromatic hydroxyl groups is 2. The minimum absolute atomic E-state index is 0.147. The van der Waals surface area contributed by atoms with Gasteiger partial charge in [0.2, 0.25) is 5.91 Å². The number of ether oxygens (including phenoxy) is 1. The summed E-state index contributed by atoms with van der Waals surface area (Å²) in [6, 6.07) is 11.8. The van der Waals surface area contributed by atoms with E-state index in [0.29, 0.717) is 12.2 Å². The van der Waals surface area contributed by atoms with Crippen LogP contribution in [0, 0.1) is 0 Å². The van der Waals surface area contributed by atoms with E-state index in [9.17, 15) is 15.0 Å². The highest BCUT2D eigenvalue weighted by atomic mass is 16.5. The monoisotopic (exact) mass is 327 g/mol. The van der Waals surface area contributed by atoms with Crippen molar-refractivity contribution >= 4 is 12.0 Å². The fourth-order valence-corrected chi connectivity index (χ4v) is 2.18. The molecule has 3 N–H and O–H groups in total. The molecule has 0 fully saturated rings. The predicted molar refractivity (Wildman–Crippen MR) is 93.0 cm³/mol. The Morgan fingerprint density at radius 2 is 1.88 bits per heavy atom. The summed E-state index contributed by atoms with van der Waals surface area (Å²) in [5.41, 5.74) is 1.59. The molecule has 126 valence electrons. The Morgan fingerprint density at radius 1 is 1.17 bits per heavy atom. The highest BCUT2D eigenvalue weighted by molar-refractivity contribution is 5.92. The lowest BCUT2D eigenvalue weighted by molar-refractivity contribution is -0.117. The highest BCUT2D eigenvalue weighted by Crippen LogP contribution is 2.25. The summed E-state index contributed by atoms with van der Waals surface area (Å²) < 4.78 is 5.39. The van der Waals surface area contributed by atoms with E-state index in [4.69, 9.17) is 4.74 Å². The normalized spacial score (nSPS) is 12.1. The van der Waals surface area contributed by atoms with Crippen LogP contribution in [0.1, 0.15) is 31.0 Å². The van der Waals surface area contributed by atoms with E-state index in [2.05, 4.69) is 5.32 Å². The molecule has 0 saturated heterocycles. The average Bonchev–Trinajstić information content (AvgIpc) is 2.57. The molecule has 0 spiro atoms. The fourth-order valence-electron chi connectivity index (χ4n) is 2.18. The summed E-state index contributed by atoms with van der Waals surface area (Å²) in [5.74, 6) is 0.136. The van der Waals surface area contributed by atoms with Crippen LogP contribution in [0.5, 0.6) is 17.2 Å². The van der Waals surface area contributed by atoms with E-state index in [1.165, 1.54) is 18.2 Å². The summed E-state index contributed by atoms with van der Waals surface area (Å²) in [5, 5.41) is 21.5. The first-order valence-corrected chi connectivity index (χ1v) is 7.73. The van der Waals surface area contributed by atoms with Gasteiger partial charge in [0.25, 0.3) is 0 Å². The SMILES string of the molecule is CCOc1ccc(C(C)NC(=O)/C=C/c2ccc(O)c(O)c2)cc1. The third kappa shape index (κ3) is 4.78. The van der Waals surface area contributed by atoms with Crippen molar-refractivity contribution in [1.82, 2.24) is 5.32 Å². The zero-order valence-electron chi connectivity index (χ0n) is 13.7. The van der Waals surface area contributed by atoms with Gasteiger partial charge in [0.15, 0.2) is 11.5 Å². The minimum atomic E-state index is -0.246. The van der Waals surface area contributed by atoms with E-state index in [-0.39, 0.29) is 23.4 Å². The Bertz CT molecular complexity index is 723. The first kappa shape index (κ1) is 17.4. The van der Waals surface area contributed by atoms with Crippen molar-refractivity contribution in [3.8, 4) is 17.2 Å². The number of carbonyl (C=O) groups excluding carboxylic acids is 1. The molecule has 0 aliphatic rings. The fraction of sp³-hybridized carbons (Fsp3) is 0.211. The predicted octanol–water partition coefficient (Wildman–Crippen LogP) is 3.39. The third-order valence-corrected chi connectivity index (χ3v) is 3.48. The Morgan fingerprint density at radius 3 is 2.50 bits per heavy atom. The van der Waals surface area contributed by atoms with E-state index in [0.717, 1.165) is 11.3 Å². The number of carbonyl (C=O) groups is 1. The van der Waals surface area contributed by atoms with Crippen molar-refractivity contribution < 1.29 is 19.7 Å². The quantitative estimate of drug-likeness (QED) is 0.561. The van der Waals surface area contributed by atoms with Crippen LogP contribution in [-0.2, 0) is 4.79 Å². The molecule has 0 saturated carbocycles. The molecule has 0 bridgehead atoms. The first-order valence-electron chi connectivity index (χ1n) is 7.73. The Balaban J connectivity index is 1.95. The second kappa shape index (κ2) is 8.06. The molecule has 1 unspecified atom stereocenters. The molecule has 5 nitrogen and oxygen atoms in total. The van der Waals surface area contributed by atoms with Gasteiger partial charge in [0, 0.05) is 6.08 Å².